The number of aliphatic carboxylic acids is 1. The molecule has 0 fully saturated rings. The van der Waals surface area contributed by atoms with Crippen LogP contribution in [-0.4, -0.2) is 61.8 Å². The van der Waals surface area contributed by atoms with Crippen LogP contribution in [0, 0.1) is 24.2 Å². The molecule has 1 aromatic rings. The number of allylic oxidation sites excluding steroid dienone is 1. The summed E-state index contributed by atoms with van der Waals surface area (Å²) < 4.78 is 8.65. The molecule has 13 heteroatoms. The molecule has 1 aromatic heterocycles. The maximum atomic E-state index is 13.5. The fourth-order valence-electron chi connectivity index (χ4n) is 4.59. The van der Waals surface area contributed by atoms with E-state index in [1.165, 1.54) is 13.8 Å². The predicted molar refractivity (Wildman–Crippen MR) is 173 cm³/mol. The lowest BCUT2D eigenvalue weighted by Crippen LogP contribution is -2.46. The van der Waals surface area contributed by atoms with Crippen molar-refractivity contribution in [3.8, 4) is 0 Å². The molecule has 0 aromatic carbocycles. The summed E-state index contributed by atoms with van der Waals surface area (Å²) in [7, 11) is 0. The number of carbonyl (C=O) groups is 3. The molecule has 244 valence electrons. The Balaban J connectivity index is 2.91. The number of hydrogen-bond donors (Lipinski definition) is 3. The average Bonchev–Trinajstić information content (AvgIpc) is 3.31. The number of ether oxygens (including phenoxy) is 2. The summed E-state index contributed by atoms with van der Waals surface area (Å²) in [4.78, 5) is 41.5. The first-order chi connectivity index (χ1) is 19.7. The molecule has 0 saturated heterocycles. The molecule has 1 rings (SSSR count). The minimum Gasteiger partial charge on any atom is -0.481 e. The molecule has 0 aliphatic heterocycles. The number of thiazole rings is 1. The minimum absolute atomic E-state index is 0.140. The highest BCUT2D eigenvalue weighted by atomic mass is 35.6. The summed E-state index contributed by atoms with van der Waals surface area (Å²) in [5, 5.41) is 22.5. The van der Waals surface area contributed by atoms with Crippen molar-refractivity contribution < 1.29 is 34.1 Å². The van der Waals surface area contributed by atoms with E-state index in [1.54, 1.807) is 18.3 Å². The third kappa shape index (κ3) is 14.3. The Bertz CT molecular complexity index is 1150. The second-order valence-corrected chi connectivity index (χ2v) is 15.2. The number of carboxylic acids is 1. The number of rotatable bonds is 17. The van der Waals surface area contributed by atoms with Crippen molar-refractivity contribution in [3.63, 3.8) is 0 Å². The number of aryl methyl sites for hydroxylation is 1. The van der Waals surface area contributed by atoms with Gasteiger partial charge in [-0.05, 0) is 58.4 Å². The zero-order valence-corrected chi connectivity index (χ0v) is 28.9. The molecule has 0 radical (unpaired) electrons. The fourth-order valence-corrected chi connectivity index (χ4v) is 5.32. The zero-order valence-electron chi connectivity index (χ0n) is 25.9. The molecule has 43 heavy (non-hydrogen) atoms. The molecule has 0 amide bonds. The van der Waals surface area contributed by atoms with Gasteiger partial charge in [-0.3, -0.25) is 9.59 Å². The molecule has 9 nitrogen and oxygen atoms in total. The Morgan fingerprint density at radius 3 is 2.35 bits per heavy atom. The van der Waals surface area contributed by atoms with Crippen LogP contribution in [0.3, 0.4) is 0 Å². The lowest BCUT2D eigenvalue weighted by atomic mass is 9.73. The summed E-state index contributed by atoms with van der Waals surface area (Å²) in [6, 6.07) is -0.140. The number of alkyl halides is 3. The normalized spacial score (nSPS) is 16.7. The van der Waals surface area contributed by atoms with Gasteiger partial charge >= 0.3 is 12.1 Å². The molecule has 0 bridgehead atoms. The zero-order chi connectivity index (χ0) is 33.1. The highest BCUT2D eigenvalue weighted by Crippen LogP contribution is 2.34. The molecule has 0 aliphatic rings. The van der Waals surface area contributed by atoms with Gasteiger partial charge in [0.15, 0.2) is 0 Å². The van der Waals surface area contributed by atoms with Gasteiger partial charge in [0.2, 0.25) is 3.79 Å². The van der Waals surface area contributed by atoms with Crippen molar-refractivity contribution in [1.82, 2.24) is 4.98 Å². The van der Waals surface area contributed by atoms with E-state index >= 15 is 0 Å². The van der Waals surface area contributed by atoms with Crippen LogP contribution in [0.25, 0.3) is 6.08 Å². The number of carboxylic acid groups (broad SMARTS) is 1. The van der Waals surface area contributed by atoms with Crippen LogP contribution in [0.5, 0.6) is 0 Å². The number of halogens is 3. The average molecular weight is 684 g/mol. The number of aromatic nitrogens is 1. The summed E-state index contributed by atoms with van der Waals surface area (Å²) in [5.74, 6) is -2.87. The van der Waals surface area contributed by atoms with Gasteiger partial charge in [-0.15, -0.1) is 11.3 Å². The summed E-state index contributed by atoms with van der Waals surface area (Å²) in [6.07, 6.45) is 2.80. The second kappa shape index (κ2) is 17.7. The van der Waals surface area contributed by atoms with Gasteiger partial charge in [0, 0.05) is 11.4 Å². The van der Waals surface area contributed by atoms with E-state index in [2.05, 4.69) is 11.1 Å². The van der Waals surface area contributed by atoms with Crippen LogP contribution < -0.4 is 5.73 Å². The van der Waals surface area contributed by atoms with Crippen LogP contribution in [0.4, 0.5) is 4.79 Å². The first kappa shape index (κ1) is 39.3. The molecule has 4 N–H and O–H groups in total. The van der Waals surface area contributed by atoms with Gasteiger partial charge < -0.3 is 25.4 Å². The van der Waals surface area contributed by atoms with Crippen molar-refractivity contribution in [2.24, 2.45) is 23.0 Å². The van der Waals surface area contributed by atoms with E-state index in [0.717, 1.165) is 34.7 Å². The number of aliphatic hydroxyl groups is 1. The van der Waals surface area contributed by atoms with E-state index in [-0.39, 0.29) is 12.0 Å². The third-order valence-electron chi connectivity index (χ3n) is 7.44. The molecule has 1 heterocycles. The highest BCUT2D eigenvalue weighted by molar-refractivity contribution is 7.09. The fraction of sp³-hybridized carbons (Fsp3) is 0.667. The maximum absolute atomic E-state index is 13.5. The Hall–Kier alpha value is -1.69. The lowest BCUT2D eigenvalue weighted by Gasteiger charge is -2.35. The topological polar surface area (TPSA) is 149 Å². The molecular weight excluding hydrogens is 639 g/mol. The molecule has 0 aliphatic carbocycles. The first-order valence-electron chi connectivity index (χ1n) is 14.1. The minimum atomic E-state index is -1.84. The van der Waals surface area contributed by atoms with Gasteiger partial charge in [0.25, 0.3) is 0 Å². The summed E-state index contributed by atoms with van der Waals surface area (Å²) in [6.45, 7) is 11.8. The van der Waals surface area contributed by atoms with E-state index in [9.17, 15) is 19.5 Å². The van der Waals surface area contributed by atoms with Crippen molar-refractivity contribution in [3.05, 3.63) is 33.3 Å². The largest absolute Gasteiger partial charge is 0.508 e. The van der Waals surface area contributed by atoms with E-state index in [4.69, 9.17) is 55.1 Å². The number of aliphatic hydroxyl groups excluding tert-OH is 1. The van der Waals surface area contributed by atoms with Gasteiger partial charge in [-0.2, -0.15) is 0 Å². The Labute approximate surface area is 273 Å². The van der Waals surface area contributed by atoms with E-state index < -0.39 is 58.3 Å². The third-order valence-corrected chi connectivity index (χ3v) is 8.56. The highest BCUT2D eigenvalue weighted by Gasteiger charge is 2.43. The monoisotopic (exact) mass is 682 g/mol. The molecule has 5 atom stereocenters. The van der Waals surface area contributed by atoms with Crippen LogP contribution >= 0.6 is 46.1 Å². The quantitative estimate of drug-likeness (QED) is 0.0874. The number of ketones is 1. The Morgan fingerprint density at radius 1 is 1.19 bits per heavy atom. The molecular formula is C30H45Cl3N2O7S. The van der Waals surface area contributed by atoms with Crippen molar-refractivity contribution in [2.75, 3.05) is 6.61 Å². The van der Waals surface area contributed by atoms with Crippen molar-refractivity contribution in [2.45, 2.75) is 103 Å². The van der Waals surface area contributed by atoms with Gasteiger partial charge in [0.1, 0.15) is 18.5 Å². The van der Waals surface area contributed by atoms with Crippen LogP contribution in [-0.2, 0) is 19.1 Å². The standard InChI is InChI=1S/C30H45Cl3N2O7S/c1-17(11-12-23(34)19(3)13-22-15-43-21(5)35-22)9-8-10-18(2)26(42-28(40)41-16-30(31,32)33)20(4)27(39)29(6,7)24(36)14-25(37)38/h11,13,15,18,20,23-24,26,36H,8-10,12,14,16,34H2,1-7H3,(H,37,38)/b17-11-,19-13+/t18-,20+,23-,24-,26-/m0/s1. The predicted octanol–water partition coefficient (Wildman–Crippen LogP) is 7.28. The number of hydrogen-bond acceptors (Lipinski definition) is 9. The van der Waals surface area contributed by atoms with Gasteiger partial charge in [-0.1, -0.05) is 79.7 Å². The molecule has 0 spiro atoms. The van der Waals surface area contributed by atoms with Gasteiger partial charge in [-0.25, -0.2) is 9.78 Å². The number of nitrogens with zero attached hydrogens (tertiary/aromatic N) is 1. The van der Waals surface area contributed by atoms with Crippen molar-refractivity contribution in [1.29, 1.82) is 0 Å². The SMILES string of the molecule is C/C(=C/C[C@H](N)/C(C)=C/c1csc(C)n1)CCC[C@H](C)[C@H](OC(=O)OCC(Cl)(Cl)Cl)[C@@H](C)C(=O)C(C)(C)[C@@H](O)CC(=O)O. The number of Topliss-reactive ketones (excluding diaryl/α,β-unsaturated/α-hetero) is 1. The van der Waals surface area contributed by atoms with E-state index in [1.807, 2.05) is 39.2 Å². The summed E-state index contributed by atoms with van der Waals surface area (Å²) >= 11 is 18.6. The second-order valence-electron chi connectivity index (χ2n) is 11.7. The number of nitrogens with two attached hydrogens (primary N) is 1. The maximum Gasteiger partial charge on any atom is 0.508 e. The van der Waals surface area contributed by atoms with Crippen LogP contribution in [0.1, 0.15) is 84.3 Å². The lowest BCUT2D eigenvalue weighted by molar-refractivity contribution is -0.147. The van der Waals surface area contributed by atoms with Crippen LogP contribution in [0.15, 0.2) is 22.6 Å². The van der Waals surface area contributed by atoms with E-state index in [0.29, 0.717) is 12.8 Å². The summed E-state index contributed by atoms with van der Waals surface area (Å²) in [5.41, 5.74) is 8.06. The smallest absolute Gasteiger partial charge is 0.481 e. The first-order valence-corrected chi connectivity index (χ1v) is 16.1. The van der Waals surface area contributed by atoms with Crippen LogP contribution in [0.2, 0.25) is 0 Å². The Morgan fingerprint density at radius 2 is 1.81 bits per heavy atom. The van der Waals surface area contributed by atoms with Gasteiger partial charge in [0.05, 0.1) is 34.6 Å². The molecule has 0 unspecified atom stereocenters. The number of carbonyl (C=O) groups excluding carboxylic acids is 2. The van der Waals surface area contributed by atoms with Crippen molar-refractivity contribution >= 4 is 70.1 Å². The molecule has 0 saturated carbocycles. The Kier molecular flexibility index (Phi) is 16.2.